The molecule has 2 aliphatic rings. The minimum atomic E-state index is -0.426. The Bertz CT molecular complexity index is 742. The summed E-state index contributed by atoms with van der Waals surface area (Å²) in [7, 11) is 0. The van der Waals surface area contributed by atoms with Gasteiger partial charge in [0.25, 0.3) is 0 Å². The number of imidazole rings is 1. The van der Waals surface area contributed by atoms with E-state index >= 15 is 0 Å². The molecule has 2 aromatic rings. The molecule has 2 aromatic heterocycles. The molecule has 2 saturated heterocycles. The summed E-state index contributed by atoms with van der Waals surface area (Å²) < 4.78 is 14.1. The first-order valence-electron chi connectivity index (χ1n) is 7.05. The van der Waals surface area contributed by atoms with Crippen LogP contribution in [0, 0.1) is 5.92 Å². The van der Waals surface area contributed by atoms with E-state index in [0.29, 0.717) is 17.0 Å². The van der Waals surface area contributed by atoms with E-state index in [1.807, 2.05) is 4.57 Å². The van der Waals surface area contributed by atoms with Gasteiger partial charge in [-0.1, -0.05) is 20.4 Å². The summed E-state index contributed by atoms with van der Waals surface area (Å²) in [4.78, 5) is 12.5. The van der Waals surface area contributed by atoms with Crippen LogP contribution < -0.4 is 5.73 Å². The second-order valence-corrected chi connectivity index (χ2v) is 5.63. The summed E-state index contributed by atoms with van der Waals surface area (Å²) >= 11 is 0. The molecule has 21 heavy (non-hydrogen) atoms. The Labute approximate surface area is 121 Å². The molecule has 2 fully saturated rings. The van der Waals surface area contributed by atoms with Gasteiger partial charge < -0.3 is 15.2 Å². The Kier molecular flexibility index (Phi) is 2.36. The lowest BCUT2D eigenvalue weighted by atomic mass is 9.86. The summed E-state index contributed by atoms with van der Waals surface area (Å²) in [6.07, 6.45) is 3.57. The van der Waals surface area contributed by atoms with Gasteiger partial charge in [-0.3, -0.25) is 4.57 Å². The van der Waals surface area contributed by atoms with Crippen molar-refractivity contribution in [3.63, 3.8) is 0 Å². The van der Waals surface area contributed by atoms with E-state index in [2.05, 4.69) is 35.4 Å². The zero-order chi connectivity index (χ0) is 14.8. The number of hydrogen-bond donors (Lipinski definition) is 1. The van der Waals surface area contributed by atoms with E-state index in [1.54, 1.807) is 6.33 Å². The summed E-state index contributed by atoms with van der Waals surface area (Å²) in [5.74, 6) is 1.32. The highest BCUT2D eigenvalue weighted by molar-refractivity contribution is 5.81. The normalized spacial score (nSPS) is 34.6. The molecule has 4 rings (SSSR count). The Hall–Kier alpha value is -2.15. The van der Waals surface area contributed by atoms with E-state index in [1.165, 1.54) is 6.33 Å². The summed E-state index contributed by atoms with van der Waals surface area (Å²) in [6.45, 7) is 8.22. The maximum Gasteiger partial charge on any atom is 0.175 e. The number of fused-ring (bicyclic) bond motifs is 3. The first-order valence-corrected chi connectivity index (χ1v) is 7.05. The molecular formula is C14H17N5O2. The minimum Gasteiger partial charge on any atom is -0.487 e. The first-order chi connectivity index (χ1) is 10.1. The van der Waals surface area contributed by atoms with Crippen molar-refractivity contribution >= 4 is 17.0 Å². The van der Waals surface area contributed by atoms with Crippen molar-refractivity contribution in [2.24, 2.45) is 5.92 Å². The summed E-state index contributed by atoms with van der Waals surface area (Å²) in [5, 5.41) is 0. The van der Waals surface area contributed by atoms with Crippen LogP contribution in [0.15, 0.2) is 25.0 Å². The lowest BCUT2D eigenvalue weighted by molar-refractivity contribution is -0.136. The molecule has 2 bridgehead atoms. The largest absolute Gasteiger partial charge is 0.487 e. The van der Waals surface area contributed by atoms with Gasteiger partial charge in [-0.05, 0) is 6.42 Å². The van der Waals surface area contributed by atoms with Crippen molar-refractivity contribution in [1.82, 2.24) is 19.5 Å². The second kappa shape index (κ2) is 3.94. The molecule has 0 spiro atoms. The molecular weight excluding hydrogens is 270 g/mol. The number of ether oxygens (including phenoxy) is 2. The third-order valence-electron chi connectivity index (χ3n) is 4.78. The molecule has 0 amide bonds. The van der Waals surface area contributed by atoms with Crippen LogP contribution in [0.25, 0.3) is 11.2 Å². The van der Waals surface area contributed by atoms with Crippen molar-refractivity contribution in [3.05, 3.63) is 25.0 Å². The highest BCUT2D eigenvalue weighted by Crippen LogP contribution is 2.55. The Balaban J connectivity index is 1.82. The molecule has 0 radical (unpaired) electrons. The zero-order valence-electron chi connectivity index (χ0n) is 12.0. The molecule has 4 heterocycles. The van der Waals surface area contributed by atoms with Crippen molar-refractivity contribution in [2.45, 2.75) is 38.2 Å². The SMILES string of the molecule is C=C1O[C@H]2C(C)[C@@]1(CC)O[C@H]2n1cnc2c(N)ncnc21. The lowest BCUT2D eigenvalue weighted by Crippen LogP contribution is -2.34. The lowest BCUT2D eigenvalue weighted by Gasteiger charge is -2.32. The molecule has 0 aromatic carbocycles. The Morgan fingerprint density at radius 2 is 2.24 bits per heavy atom. The molecule has 0 aliphatic carbocycles. The van der Waals surface area contributed by atoms with Gasteiger partial charge in [0.2, 0.25) is 0 Å². The Morgan fingerprint density at radius 3 is 2.95 bits per heavy atom. The maximum atomic E-state index is 6.31. The molecule has 4 atom stereocenters. The second-order valence-electron chi connectivity index (χ2n) is 5.63. The molecule has 1 unspecified atom stereocenters. The number of rotatable bonds is 2. The average molecular weight is 287 g/mol. The monoisotopic (exact) mass is 287 g/mol. The minimum absolute atomic E-state index is 0.0916. The topological polar surface area (TPSA) is 88.1 Å². The first kappa shape index (κ1) is 12.6. The average Bonchev–Trinajstić information content (AvgIpc) is 3.09. The zero-order valence-corrected chi connectivity index (χ0v) is 12.0. The summed E-state index contributed by atoms with van der Waals surface area (Å²) in [5.41, 5.74) is 6.65. The smallest absolute Gasteiger partial charge is 0.175 e. The van der Waals surface area contributed by atoms with Crippen LogP contribution >= 0.6 is 0 Å². The fourth-order valence-corrected chi connectivity index (χ4v) is 3.52. The van der Waals surface area contributed by atoms with Crippen LogP contribution in [-0.4, -0.2) is 31.2 Å². The summed E-state index contributed by atoms with van der Waals surface area (Å²) in [6, 6.07) is 0. The predicted molar refractivity (Wildman–Crippen MR) is 76.1 cm³/mol. The van der Waals surface area contributed by atoms with Crippen molar-refractivity contribution in [2.75, 3.05) is 5.73 Å². The van der Waals surface area contributed by atoms with Gasteiger partial charge in [0.1, 0.15) is 29.3 Å². The molecule has 0 saturated carbocycles. The van der Waals surface area contributed by atoms with E-state index in [0.717, 1.165) is 12.2 Å². The van der Waals surface area contributed by atoms with Crippen LogP contribution in [0.2, 0.25) is 0 Å². The maximum absolute atomic E-state index is 6.31. The van der Waals surface area contributed by atoms with Gasteiger partial charge in [0.15, 0.2) is 17.7 Å². The molecule has 7 nitrogen and oxygen atoms in total. The number of nitrogens with zero attached hydrogens (tertiary/aromatic N) is 4. The fraction of sp³-hybridized carbons (Fsp3) is 0.500. The van der Waals surface area contributed by atoms with Gasteiger partial charge >= 0.3 is 0 Å². The van der Waals surface area contributed by atoms with Crippen LogP contribution in [0.3, 0.4) is 0 Å². The van der Waals surface area contributed by atoms with E-state index in [-0.39, 0.29) is 18.2 Å². The molecule has 7 heteroatoms. The van der Waals surface area contributed by atoms with Gasteiger partial charge in [-0.25, -0.2) is 15.0 Å². The molecule has 110 valence electrons. The van der Waals surface area contributed by atoms with Gasteiger partial charge in [0.05, 0.1) is 6.33 Å². The molecule has 2 N–H and O–H groups in total. The number of nitrogen functional groups attached to an aromatic ring is 1. The molecule has 2 aliphatic heterocycles. The van der Waals surface area contributed by atoms with Crippen molar-refractivity contribution in [1.29, 1.82) is 0 Å². The van der Waals surface area contributed by atoms with E-state index < -0.39 is 5.60 Å². The number of nitrogens with two attached hydrogens (primary N) is 1. The van der Waals surface area contributed by atoms with Crippen molar-refractivity contribution in [3.8, 4) is 0 Å². The van der Waals surface area contributed by atoms with Gasteiger partial charge in [-0.15, -0.1) is 0 Å². The number of anilines is 1. The van der Waals surface area contributed by atoms with E-state index in [4.69, 9.17) is 15.2 Å². The quantitative estimate of drug-likeness (QED) is 0.903. The van der Waals surface area contributed by atoms with Crippen LogP contribution in [-0.2, 0) is 9.47 Å². The Morgan fingerprint density at radius 1 is 1.43 bits per heavy atom. The van der Waals surface area contributed by atoms with Gasteiger partial charge in [0, 0.05) is 5.92 Å². The number of hydrogen-bond acceptors (Lipinski definition) is 6. The highest BCUT2D eigenvalue weighted by atomic mass is 16.6. The van der Waals surface area contributed by atoms with Crippen LogP contribution in [0.5, 0.6) is 0 Å². The number of aromatic nitrogens is 4. The van der Waals surface area contributed by atoms with Crippen LogP contribution in [0.4, 0.5) is 5.82 Å². The van der Waals surface area contributed by atoms with E-state index in [9.17, 15) is 0 Å². The third-order valence-corrected chi connectivity index (χ3v) is 4.78. The van der Waals surface area contributed by atoms with Crippen molar-refractivity contribution < 1.29 is 9.47 Å². The highest BCUT2D eigenvalue weighted by Gasteiger charge is 2.62. The predicted octanol–water partition coefficient (Wildman–Crippen LogP) is 1.63. The third kappa shape index (κ3) is 1.39. The fourth-order valence-electron chi connectivity index (χ4n) is 3.52. The van der Waals surface area contributed by atoms with Crippen LogP contribution in [0.1, 0.15) is 26.5 Å². The van der Waals surface area contributed by atoms with Gasteiger partial charge in [-0.2, -0.15) is 0 Å². The standard InChI is InChI=1S/C14H17N5O2/c1-4-14-7(2)10(20-8(14)3)13(21-14)19-6-18-9-11(15)16-5-17-12(9)19/h5-7,10,13H,3-4H2,1-2H3,(H2,15,16,17)/t7?,10-,13+,14+/m0/s1.